The van der Waals surface area contributed by atoms with Crippen molar-refractivity contribution in [3.63, 3.8) is 0 Å². The van der Waals surface area contributed by atoms with Crippen LogP contribution in [-0.4, -0.2) is 11.1 Å². The van der Waals surface area contributed by atoms with Crippen molar-refractivity contribution in [2.75, 3.05) is 6.16 Å². The van der Waals surface area contributed by atoms with Crippen LogP contribution in [-0.2, 0) is 0 Å². The second-order valence-corrected chi connectivity index (χ2v) is 3.48. The molecule has 1 N–H and O–H groups in total. The Balaban J connectivity index is 2.46. The zero-order valence-electron chi connectivity index (χ0n) is 6.68. The van der Waals surface area contributed by atoms with Gasteiger partial charge in [0.05, 0.1) is 0 Å². The third-order valence-corrected chi connectivity index (χ3v) is 2.23. The Morgan fingerprint density at radius 2 is 2.08 bits per heavy atom. The number of hydrogen-bond donors (Lipinski definition) is 1. The minimum atomic E-state index is -1.38. The van der Waals surface area contributed by atoms with E-state index in [0.717, 1.165) is 0 Å². The number of rotatable bonds is 4. The third-order valence-electron chi connectivity index (χ3n) is 1.24. The maximum Gasteiger partial charge on any atom is 0.231 e. The molecular weight excluding hydrogens is 171 g/mol. The van der Waals surface area contributed by atoms with Crippen molar-refractivity contribution in [3.05, 3.63) is 43.0 Å². The first-order valence-corrected chi connectivity index (χ1v) is 5.03. The Bertz CT molecular complexity index is 236. The molecule has 1 aromatic carbocycles. The highest BCUT2D eigenvalue weighted by Gasteiger charge is 2.02. The normalized spacial score (nSPS) is 12.1. The van der Waals surface area contributed by atoms with Gasteiger partial charge in [0.25, 0.3) is 0 Å². The highest BCUT2D eigenvalue weighted by Crippen LogP contribution is 2.32. The SMILES string of the molecule is C=CCP(O)Oc1ccccc1. The Labute approximate surface area is 73.4 Å². The lowest BCUT2D eigenvalue weighted by Gasteiger charge is -2.08. The summed E-state index contributed by atoms with van der Waals surface area (Å²) < 4.78 is 5.20. The number of para-hydroxylation sites is 1. The van der Waals surface area contributed by atoms with E-state index in [1.807, 2.05) is 30.3 Å². The number of benzene rings is 1. The Morgan fingerprint density at radius 1 is 1.42 bits per heavy atom. The van der Waals surface area contributed by atoms with Gasteiger partial charge in [-0.15, -0.1) is 6.58 Å². The van der Waals surface area contributed by atoms with Crippen LogP contribution in [0.1, 0.15) is 0 Å². The van der Waals surface area contributed by atoms with Crippen molar-refractivity contribution in [2.45, 2.75) is 0 Å². The number of allylic oxidation sites excluding steroid dienone is 1. The molecule has 0 amide bonds. The van der Waals surface area contributed by atoms with Gasteiger partial charge in [-0.3, -0.25) is 0 Å². The van der Waals surface area contributed by atoms with Crippen molar-refractivity contribution in [3.8, 4) is 5.75 Å². The molecule has 0 saturated carbocycles. The second-order valence-electron chi connectivity index (χ2n) is 2.23. The summed E-state index contributed by atoms with van der Waals surface area (Å²) >= 11 is 0. The van der Waals surface area contributed by atoms with Crippen LogP contribution in [0.5, 0.6) is 5.75 Å². The lowest BCUT2D eigenvalue weighted by Crippen LogP contribution is -1.88. The molecule has 0 aliphatic heterocycles. The molecule has 0 bridgehead atoms. The van der Waals surface area contributed by atoms with Crippen LogP contribution in [0.4, 0.5) is 0 Å². The van der Waals surface area contributed by atoms with Crippen LogP contribution in [0.2, 0.25) is 0 Å². The average molecular weight is 182 g/mol. The van der Waals surface area contributed by atoms with Gasteiger partial charge in [-0.25, -0.2) is 0 Å². The van der Waals surface area contributed by atoms with E-state index in [0.29, 0.717) is 11.9 Å². The molecule has 0 heterocycles. The van der Waals surface area contributed by atoms with Crippen LogP contribution < -0.4 is 4.52 Å². The molecule has 0 aliphatic carbocycles. The quantitative estimate of drug-likeness (QED) is 0.572. The first kappa shape index (κ1) is 9.24. The van der Waals surface area contributed by atoms with E-state index in [9.17, 15) is 4.89 Å². The first-order valence-electron chi connectivity index (χ1n) is 3.63. The van der Waals surface area contributed by atoms with Crippen molar-refractivity contribution in [1.29, 1.82) is 0 Å². The molecule has 0 radical (unpaired) electrons. The molecule has 0 aromatic heterocycles. The van der Waals surface area contributed by atoms with E-state index in [1.54, 1.807) is 6.08 Å². The molecule has 3 heteroatoms. The smallest absolute Gasteiger partial charge is 0.231 e. The molecule has 0 aliphatic rings. The predicted octanol–water partition coefficient (Wildman–Crippen LogP) is 2.56. The van der Waals surface area contributed by atoms with Crippen LogP contribution >= 0.6 is 8.38 Å². The summed E-state index contributed by atoms with van der Waals surface area (Å²) in [4.78, 5) is 9.27. The minimum absolute atomic E-state index is 0.504. The predicted molar refractivity (Wildman–Crippen MR) is 51.3 cm³/mol. The molecule has 1 aromatic rings. The Kier molecular flexibility index (Phi) is 3.78. The van der Waals surface area contributed by atoms with Crippen LogP contribution in [0, 0.1) is 0 Å². The molecule has 0 spiro atoms. The van der Waals surface area contributed by atoms with Gasteiger partial charge in [-0.05, 0) is 12.1 Å². The standard InChI is InChI=1S/C9H11O2P/c1-2-8-12(10)11-9-6-4-3-5-7-9/h2-7,10H,1,8H2. The van der Waals surface area contributed by atoms with Gasteiger partial charge in [-0.2, -0.15) is 0 Å². The average Bonchev–Trinajstić information content (AvgIpc) is 2.06. The second kappa shape index (κ2) is 4.91. The van der Waals surface area contributed by atoms with E-state index < -0.39 is 8.38 Å². The van der Waals surface area contributed by atoms with Gasteiger partial charge < -0.3 is 9.42 Å². The summed E-state index contributed by atoms with van der Waals surface area (Å²) in [7, 11) is -1.38. The monoisotopic (exact) mass is 182 g/mol. The summed E-state index contributed by atoms with van der Waals surface area (Å²) in [6.45, 7) is 3.52. The zero-order chi connectivity index (χ0) is 8.81. The first-order chi connectivity index (χ1) is 5.83. The fourth-order valence-corrected chi connectivity index (χ4v) is 1.41. The molecule has 0 fully saturated rings. The highest BCUT2D eigenvalue weighted by molar-refractivity contribution is 7.46. The van der Waals surface area contributed by atoms with E-state index in [-0.39, 0.29) is 0 Å². The Hall–Kier alpha value is -0.850. The van der Waals surface area contributed by atoms with Gasteiger partial charge in [-0.1, -0.05) is 24.3 Å². The number of hydrogen-bond acceptors (Lipinski definition) is 2. The Morgan fingerprint density at radius 3 is 2.67 bits per heavy atom. The highest BCUT2D eigenvalue weighted by atomic mass is 31.2. The van der Waals surface area contributed by atoms with Gasteiger partial charge >= 0.3 is 0 Å². The molecule has 1 atom stereocenters. The maximum atomic E-state index is 9.27. The van der Waals surface area contributed by atoms with Crippen molar-refractivity contribution >= 4 is 8.38 Å². The van der Waals surface area contributed by atoms with E-state index >= 15 is 0 Å². The summed E-state index contributed by atoms with van der Waals surface area (Å²) in [6.07, 6.45) is 2.15. The lowest BCUT2D eigenvalue weighted by molar-refractivity contribution is 0.490. The molecule has 1 rings (SSSR count). The summed E-state index contributed by atoms with van der Waals surface area (Å²) in [5.74, 6) is 0.702. The third kappa shape index (κ3) is 3.04. The van der Waals surface area contributed by atoms with Gasteiger partial charge in [0.2, 0.25) is 8.38 Å². The zero-order valence-corrected chi connectivity index (χ0v) is 7.58. The van der Waals surface area contributed by atoms with Crippen molar-refractivity contribution in [2.24, 2.45) is 0 Å². The van der Waals surface area contributed by atoms with Crippen LogP contribution in [0.15, 0.2) is 43.0 Å². The lowest BCUT2D eigenvalue weighted by atomic mass is 10.3. The minimum Gasteiger partial charge on any atom is -0.447 e. The van der Waals surface area contributed by atoms with E-state index in [2.05, 4.69) is 6.58 Å². The molecule has 12 heavy (non-hydrogen) atoms. The van der Waals surface area contributed by atoms with Gasteiger partial charge in [0.1, 0.15) is 5.75 Å². The van der Waals surface area contributed by atoms with Crippen molar-refractivity contribution < 1.29 is 9.42 Å². The fourth-order valence-electron chi connectivity index (χ4n) is 0.751. The molecule has 2 nitrogen and oxygen atoms in total. The van der Waals surface area contributed by atoms with Gasteiger partial charge in [0, 0.05) is 6.16 Å². The molecule has 1 unspecified atom stereocenters. The molecule has 64 valence electrons. The van der Waals surface area contributed by atoms with E-state index in [4.69, 9.17) is 4.52 Å². The van der Waals surface area contributed by atoms with E-state index in [1.165, 1.54) is 0 Å². The summed E-state index contributed by atoms with van der Waals surface area (Å²) in [6, 6.07) is 9.27. The van der Waals surface area contributed by atoms with Gasteiger partial charge in [0.15, 0.2) is 0 Å². The molecule has 0 saturated heterocycles. The topological polar surface area (TPSA) is 29.5 Å². The van der Waals surface area contributed by atoms with Crippen LogP contribution in [0.3, 0.4) is 0 Å². The molecular formula is C9H11O2P. The largest absolute Gasteiger partial charge is 0.447 e. The fraction of sp³-hybridized carbons (Fsp3) is 0.111. The van der Waals surface area contributed by atoms with Crippen LogP contribution in [0.25, 0.3) is 0 Å². The van der Waals surface area contributed by atoms with Crippen molar-refractivity contribution in [1.82, 2.24) is 0 Å². The summed E-state index contributed by atoms with van der Waals surface area (Å²) in [5.41, 5.74) is 0. The maximum absolute atomic E-state index is 9.27. The summed E-state index contributed by atoms with van der Waals surface area (Å²) in [5, 5.41) is 0.